The Morgan fingerprint density at radius 3 is 2.25 bits per heavy atom. The number of carbonyl (C=O) groups is 2. The summed E-state index contributed by atoms with van der Waals surface area (Å²) in [5, 5.41) is 15.4. The Balaban J connectivity index is 3.56. The fraction of sp³-hybridized carbons (Fsp3) is 0.867. The molecule has 118 valence electrons. The molecule has 20 heavy (non-hydrogen) atoms. The quantitative estimate of drug-likeness (QED) is 0.505. The van der Waals surface area contributed by atoms with Crippen molar-refractivity contribution in [3.63, 3.8) is 0 Å². The molecule has 0 saturated heterocycles. The standard InChI is InChI=1S/C15H30N2O3/c1-4-13(5-2)14(19)11-17-15(20)9-7-6-8-10-16-12(3)18/h13-14,19H,4-11H2,1-3H3,(H,16,18)(H,17,20). The molecule has 3 N–H and O–H groups in total. The lowest BCUT2D eigenvalue weighted by Gasteiger charge is -2.20. The first-order chi connectivity index (χ1) is 9.51. The Hall–Kier alpha value is -1.10. The zero-order chi connectivity index (χ0) is 15.4. The summed E-state index contributed by atoms with van der Waals surface area (Å²) >= 11 is 0. The average molecular weight is 286 g/mol. The normalized spacial score (nSPS) is 12.2. The SMILES string of the molecule is CCC(CC)C(O)CNC(=O)CCCCCNC(C)=O. The number of hydrogen-bond donors (Lipinski definition) is 3. The van der Waals surface area contributed by atoms with Crippen LogP contribution in [0.25, 0.3) is 0 Å². The smallest absolute Gasteiger partial charge is 0.220 e. The fourth-order valence-electron chi connectivity index (χ4n) is 2.16. The van der Waals surface area contributed by atoms with Gasteiger partial charge in [0.05, 0.1) is 6.10 Å². The molecule has 0 fully saturated rings. The fourth-order valence-corrected chi connectivity index (χ4v) is 2.16. The molecule has 5 heteroatoms. The summed E-state index contributed by atoms with van der Waals surface area (Å²) in [5.74, 6) is 0.237. The summed E-state index contributed by atoms with van der Waals surface area (Å²) in [4.78, 5) is 22.2. The van der Waals surface area contributed by atoms with Gasteiger partial charge in [-0.3, -0.25) is 9.59 Å². The van der Waals surface area contributed by atoms with Gasteiger partial charge in [0.15, 0.2) is 0 Å². The van der Waals surface area contributed by atoms with Crippen LogP contribution in [-0.2, 0) is 9.59 Å². The summed E-state index contributed by atoms with van der Waals surface area (Å²) < 4.78 is 0. The van der Waals surface area contributed by atoms with E-state index in [9.17, 15) is 14.7 Å². The van der Waals surface area contributed by atoms with Crippen molar-refractivity contribution in [2.45, 2.75) is 65.4 Å². The van der Waals surface area contributed by atoms with Crippen molar-refractivity contribution in [1.29, 1.82) is 0 Å². The van der Waals surface area contributed by atoms with Crippen LogP contribution in [-0.4, -0.2) is 36.1 Å². The molecule has 2 amide bonds. The molecular weight excluding hydrogens is 256 g/mol. The van der Waals surface area contributed by atoms with E-state index < -0.39 is 6.10 Å². The van der Waals surface area contributed by atoms with Crippen molar-refractivity contribution < 1.29 is 14.7 Å². The Kier molecular flexibility index (Phi) is 11.1. The van der Waals surface area contributed by atoms with E-state index in [-0.39, 0.29) is 17.7 Å². The number of hydrogen-bond acceptors (Lipinski definition) is 3. The predicted octanol–water partition coefficient (Wildman–Crippen LogP) is 1.60. The minimum atomic E-state index is -0.450. The first kappa shape index (κ1) is 18.9. The largest absolute Gasteiger partial charge is 0.391 e. The van der Waals surface area contributed by atoms with Crippen LogP contribution in [0.4, 0.5) is 0 Å². The lowest BCUT2D eigenvalue weighted by molar-refractivity contribution is -0.122. The maximum Gasteiger partial charge on any atom is 0.220 e. The van der Waals surface area contributed by atoms with E-state index in [1.807, 2.05) is 13.8 Å². The van der Waals surface area contributed by atoms with E-state index >= 15 is 0 Å². The average Bonchev–Trinajstić information content (AvgIpc) is 2.41. The molecule has 0 saturated carbocycles. The molecule has 1 atom stereocenters. The molecular formula is C15H30N2O3. The van der Waals surface area contributed by atoms with Gasteiger partial charge in [-0.25, -0.2) is 0 Å². The highest BCUT2D eigenvalue weighted by Gasteiger charge is 2.15. The van der Waals surface area contributed by atoms with Gasteiger partial charge in [-0.2, -0.15) is 0 Å². The van der Waals surface area contributed by atoms with Crippen molar-refractivity contribution in [1.82, 2.24) is 10.6 Å². The highest BCUT2D eigenvalue weighted by Crippen LogP contribution is 2.12. The van der Waals surface area contributed by atoms with Crippen LogP contribution in [0.5, 0.6) is 0 Å². The van der Waals surface area contributed by atoms with Gasteiger partial charge in [0.25, 0.3) is 0 Å². The summed E-state index contributed by atoms with van der Waals surface area (Å²) in [6, 6.07) is 0. The number of nitrogens with one attached hydrogen (secondary N) is 2. The van der Waals surface area contributed by atoms with Gasteiger partial charge in [0.1, 0.15) is 0 Å². The molecule has 0 aliphatic heterocycles. The highest BCUT2D eigenvalue weighted by atomic mass is 16.3. The number of carbonyl (C=O) groups excluding carboxylic acids is 2. The molecule has 0 spiro atoms. The molecule has 0 bridgehead atoms. The summed E-state index contributed by atoms with van der Waals surface area (Å²) in [7, 11) is 0. The first-order valence-corrected chi connectivity index (χ1v) is 7.70. The van der Waals surface area contributed by atoms with Crippen molar-refractivity contribution in [3.05, 3.63) is 0 Å². The van der Waals surface area contributed by atoms with Gasteiger partial charge in [-0.15, -0.1) is 0 Å². The Morgan fingerprint density at radius 2 is 1.70 bits per heavy atom. The van der Waals surface area contributed by atoms with Crippen molar-refractivity contribution in [3.8, 4) is 0 Å². The van der Waals surface area contributed by atoms with Crippen LogP contribution in [0.3, 0.4) is 0 Å². The number of amides is 2. The lowest BCUT2D eigenvalue weighted by Crippen LogP contribution is -2.35. The molecule has 0 radical (unpaired) electrons. The zero-order valence-electron chi connectivity index (χ0n) is 13.1. The molecule has 0 heterocycles. The van der Waals surface area contributed by atoms with Crippen LogP contribution in [0.15, 0.2) is 0 Å². The van der Waals surface area contributed by atoms with Crippen LogP contribution >= 0.6 is 0 Å². The second-order valence-corrected chi connectivity index (χ2v) is 5.24. The van der Waals surface area contributed by atoms with E-state index in [1.165, 1.54) is 6.92 Å². The molecule has 0 aliphatic carbocycles. The first-order valence-electron chi connectivity index (χ1n) is 7.70. The minimum absolute atomic E-state index is 0.00506. The van der Waals surface area contributed by atoms with E-state index in [0.717, 1.165) is 32.1 Å². The monoisotopic (exact) mass is 286 g/mol. The second kappa shape index (κ2) is 11.7. The van der Waals surface area contributed by atoms with Gasteiger partial charge in [0.2, 0.25) is 11.8 Å². The molecule has 0 aromatic heterocycles. The van der Waals surface area contributed by atoms with Gasteiger partial charge >= 0.3 is 0 Å². The summed E-state index contributed by atoms with van der Waals surface area (Å²) in [6.45, 7) is 6.61. The van der Waals surface area contributed by atoms with Gasteiger partial charge in [0, 0.05) is 26.4 Å². The van der Waals surface area contributed by atoms with Crippen molar-refractivity contribution >= 4 is 11.8 Å². The highest BCUT2D eigenvalue weighted by molar-refractivity contribution is 5.75. The molecule has 1 unspecified atom stereocenters. The van der Waals surface area contributed by atoms with E-state index in [2.05, 4.69) is 10.6 Å². The maximum atomic E-state index is 11.6. The zero-order valence-corrected chi connectivity index (χ0v) is 13.1. The Bertz CT molecular complexity index is 278. The van der Waals surface area contributed by atoms with Crippen molar-refractivity contribution in [2.24, 2.45) is 5.92 Å². The van der Waals surface area contributed by atoms with Crippen LogP contribution < -0.4 is 10.6 Å². The molecule has 0 aromatic rings. The third-order valence-corrected chi connectivity index (χ3v) is 3.56. The number of aliphatic hydroxyl groups is 1. The topological polar surface area (TPSA) is 78.4 Å². The predicted molar refractivity (Wildman–Crippen MR) is 80.2 cm³/mol. The van der Waals surface area contributed by atoms with Crippen LogP contribution in [0.1, 0.15) is 59.3 Å². The third kappa shape index (κ3) is 9.78. The summed E-state index contributed by atoms with van der Waals surface area (Å²) in [6.07, 6.45) is 4.51. The minimum Gasteiger partial charge on any atom is -0.391 e. The van der Waals surface area contributed by atoms with Gasteiger partial charge < -0.3 is 15.7 Å². The third-order valence-electron chi connectivity index (χ3n) is 3.56. The van der Waals surface area contributed by atoms with Crippen LogP contribution in [0, 0.1) is 5.92 Å². The summed E-state index contributed by atoms with van der Waals surface area (Å²) in [5.41, 5.74) is 0. The molecule has 0 aromatic carbocycles. The number of unbranched alkanes of at least 4 members (excludes halogenated alkanes) is 2. The Labute approximate surface area is 122 Å². The van der Waals surface area contributed by atoms with Gasteiger partial charge in [-0.1, -0.05) is 33.1 Å². The number of aliphatic hydroxyl groups excluding tert-OH is 1. The number of rotatable bonds is 11. The molecule has 0 rings (SSSR count). The van der Waals surface area contributed by atoms with Gasteiger partial charge in [-0.05, 0) is 18.8 Å². The maximum absolute atomic E-state index is 11.6. The van der Waals surface area contributed by atoms with E-state index in [4.69, 9.17) is 0 Å². The Morgan fingerprint density at radius 1 is 1.05 bits per heavy atom. The van der Waals surface area contributed by atoms with E-state index in [0.29, 0.717) is 19.5 Å². The van der Waals surface area contributed by atoms with Crippen molar-refractivity contribution in [2.75, 3.05) is 13.1 Å². The van der Waals surface area contributed by atoms with Crippen LogP contribution in [0.2, 0.25) is 0 Å². The second-order valence-electron chi connectivity index (χ2n) is 5.24. The molecule has 0 aliphatic rings. The van der Waals surface area contributed by atoms with E-state index in [1.54, 1.807) is 0 Å². The lowest BCUT2D eigenvalue weighted by atomic mass is 9.96. The molecule has 5 nitrogen and oxygen atoms in total.